The maximum atomic E-state index is 13.2. The van der Waals surface area contributed by atoms with Crippen LogP contribution in [-0.2, 0) is 11.3 Å². The van der Waals surface area contributed by atoms with Gasteiger partial charge in [0.2, 0.25) is 5.91 Å². The zero-order valence-corrected chi connectivity index (χ0v) is 16.5. The van der Waals surface area contributed by atoms with Crippen molar-refractivity contribution < 1.29 is 14.0 Å². The molecule has 2 aromatic heterocycles. The molecule has 0 spiro atoms. The maximum Gasteiger partial charge on any atom is 0.255 e. The van der Waals surface area contributed by atoms with Gasteiger partial charge in [-0.25, -0.2) is 0 Å². The first-order valence-corrected chi connectivity index (χ1v) is 9.89. The number of aromatic nitrogens is 1. The number of aryl methyl sites for hydroxylation is 1. The average Bonchev–Trinajstić information content (AvgIpc) is 3.45. The SMILES string of the molecule is Cc1[nH]c2ccccc2c1C1c2ccccc2C(=O)N1CC(=O)NCc1ccco1. The van der Waals surface area contributed by atoms with Crippen LogP contribution in [0.5, 0.6) is 0 Å². The second kappa shape index (κ2) is 7.22. The van der Waals surface area contributed by atoms with Crippen molar-refractivity contribution in [3.8, 4) is 0 Å². The summed E-state index contributed by atoms with van der Waals surface area (Å²) in [5.74, 6) is 0.312. The van der Waals surface area contributed by atoms with Gasteiger partial charge in [-0.05, 0) is 36.8 Å². The van der Waals surface area contributed by atoms with Gasteiger partial charge in [0.15, 0.2) is 0 Å². The van der Waals surface area contributed by atoms with Crippen molar-refractivity contribution in [2.24, 2.45) is 0 Å². The Kier molecular flexibility index (Phi) is 4.39. The fourth-order valence-corrected chi connectivity index (χ4v) is 4.30. The van der Waals surface area contributed by atoms with Crippen LogP contribution in [0.2, 0.25) is 0 Å². The number of furan rings is 1. The van der Waals surface area contributed by atoms with E-state index in [4.69, 9.17) is 4.42 Å². The van der Waals surface area contributed by atoms with Crippen LogP contribution in [-0.4, -0.2) is 28.2 Å². The van der Waals surface area contributed by atoms with Crippen LogP contribution in [0.1, 0.15) is 39.0 Å². The average molecular weight is 399 g/mol. The predicted molar refractivity (Wildman–Crippen MR) is 113 cm³/mol. The van der Waals surface area contributed by atoms with Crippen LogP contribution in [0, 0.1) is 6.92 Å². The smallest absolute Gasteiger partial charge is 0.255 e. The molecule has 2 amide bonds. The van der Waals surface area contributed by atoms with E-state index in [-0.39, 0.29) is 30.9 Å². The van der Waals surface area contributed by atoms with Crippen LogP contribution in [0.15, 0.2) is 71.3 Å². The standard InChI is InChI=1S/C24H21N3O3/c1-15-22(19-10-4-5-11-20(19)26-15)23-17-8-2-3-9-18(17)24(29)27(23)14-21(28)25-13-16-7-6-12-30-16/h2-12,23,26H,13-14H2,1H3,(H,25,28). The molecule has 2 N–H and O–H groups in total. The summed E-state index contributed by atoms with van der Waals surface area (Å²) in [6, 6.07) is 18.9. The molecule has 1 unspecified atom stereocenters. The van der Waals surface area contributed by atoms with Crippen LogP contribution in [0.3, 0.4) is 0 Å². The lowest BCUT2D eigenvalue weighted by molar-refractivity contribution is -0.122. The predicted octanol–water partition coefficient (Wildman–Crippen LogP) is 3.93. The van der Waals surface area contributed by atoms with E-state index in [1.165, 1.54) is 0 Å². The van der Waals surface area contributed by atoms with Crippen LogP contribution in [0.25, 0.3) is 10.9 Å². The van der Waals surface area contributed by atoms with E-state index >= 15 is 0 Å². The molecule has 0 aliphatic carbocycles. The number of hydrogen-bond donors (Lipinski definition) is 2. The molecule has 30 heavy (non-hydrogen) atoms. The van der Waals surface area contributed by atoms with Crippen molar-refractivity contribution in [2.75, 3.05) is 6.54 Å². The molecule has 150 valence electrons. The highest BCUT2D eigenvalue weighted by molar-refractivity contribution is 6.02. The molecular weight excluding hydrogens is 378 g/mol. The molecule has 0 radical (unpaired) electrons. The first-order valence-electron chi connectivity index (χ1n) is 9.89. The number of H-pyrrole nitrogens is 1. The summed E-state index contributed by atoms with van der Waals surface area (Å²) in [4.78, 5) is 31.0. The lowest BCUT2D eigenvalue weighted by Gasteiger charge is -2.25. The van der Waals surface area contributed by atoms with Gasteiger partial charge >= 0.3 is 0 Å². The molecule has 5 rings (SSSR count). The van der Waals surface area contributed by atoms with Crippen LogP contribution < -0.4 is 5.32 Å². The lowest BCUT2D eigenvalue weighted by Crippen LogP contribution is -2.39. The second-order valence-electron chi connectivity index (χ2n) is 7.49. The van der Waals surface area contributed by atoms with Crippen LogP contribution >= 0.6 is 0 Å². The van der Waals surface area contributed by atoms with Gasteiger partial charge in [0, 0.05) is 27.7 Å². The zero-order chi connectivity index (χ0) is 20.7. The Bertz CT molecular complexity index is 1240. The number of benzene rings is 2. The van der Waals surface area contributed by atoms with Gasteiger partial charge in [0.1, 0.15) is 12.3 Å². The van der Waals surface area contributed by atoms with E-state index < -0.39 is 0 Å². The molecule has 0 saturated heterocycles. The van der Waals surface area contributed by atoms with Gasteiger partial charge in [-0.2, -0.15) is 0 Å². The Labute approximate surface area is 173 Å². The van der Waals surface area contributed by atoms with Crippen molar-refractivity contribution in [2.45, 2.75) is 19.5 Å². The van der Waals surface area contributed by atoms with Gasteiger partial charge in [-0.15, -0.1) is 0 Å². The Morgan fingerprint density at radius 2 is 1.90 bits per heavy atom. The number of carbonyl (C=O) groups is 2. The summed E-state index contributed by atoms with van der Waals surface area (Å²) < 4.78 is 5.27. The molecular formula is C24H21N3O3. The lowest BCUT2D eigenvalue weighted by atomic mass is 9.95. The highest BCUT2D eigenvalue weighted by atomic mass is 16.3. The fourth-order valence-electron chi connectivity index (χ4n) is 4.30. The zero-order valence-electron chi connectivity index (χ0n) is 16.5. The van der Waals surface area contributed by atoms with E-state index in [1.54, 1.807) is 23.3 Å². The molecule has 0 fully saturated rings. The van der Waals surface area contributed by atoms with E-state index in [0.29, 0.717) is 11.3 Å². The first kappa shape index (κ1) is 18.2. The summed E-state index contributed by atoms with van der Waals surface area (Å²) in [7, 11) is 0. The number of amides is 2. The van der Waals surface area contributed by atoms with Crippen molar-refractivity contribution in [1.29, 1.82) is 0 Å². The highest BCUT2D eigenvalue weighted by Crippen LogP contribution is 2.42. The second-order valence-corrected chi connectivity index (χ2v) is 7.49. The quantitative estimate of drug-likeness (QED) is 0.534. The Morgan fingerprint density at radius 3 is 2.73 bits per heavy atom. The van der Waals surface area contributed by atoms with Crippen molar-refractivity contribution in [3.05, 3.63) is 95.1 Å². The van der Waals surface area contributed by atoms with Gasteiger partial charge in [0.25, 0.3) is 5.91 Å². The first-order chi connectivity index (χ1) is 14.6. The Balaban J connectivity index is 1.51. The van der Waals surface area contributed by atoms with Crippen molar-refractivity contribution >= 4 is 22.7 Å². The minimum Gasteiger partial charge on any atom is -0.467 e. The molecule has 6 heteroatoms. The summed E-state index contributed by atoms with van der Waals surface area (Å²) >= 11 is 0. The molecule has 1 aliphatic rings. The number of nitrogens with one attached hydrogen (secondary N) is 2. The third kappa shape index (κ3) is 2.97. The number of para-hydroxylation sites is 1. The van der Waals surface area contributed by atoms with Crippen LogP contribution in [0.4, 0.5) is 0 Å². The summed E-state index contributed by atoms with van der Waals surface area (Å²) in [5.41, 5.74) is 4.61. The van der Waals surface area contributed by atoms with E-state index in [0.717, 1.165) is 27.7 Å². The molecule has 6 nitrogen and oxygen atoms in total. The van der Waals surface area contributed by atoms with Crippen molar-refractivity contribution in [1.82, 2.24) is 15.2 Å². The third-order valence-electron chi connectivity index (χ3n) is 5.63. The third-order valence-corrected chi connectivity index (χ3v) is 5.63. The van der Waals surface area contributed by atoms with E-state index in [9.17, 15) is 9.59 Å². The summed E-state index contributed by atoms with van der Waals surface area (Å²) in [6.45, 7) is 2.27. The number of hydrogen-bond acceptors (Lipinski definition) is 3. The molecule has 0 saturated carbocycles. The molecule has 3 heterocycles. The number of rotatable bonds is 5. The summed E-state index contributed by atoms with van der Waals surface area (Å²) in [5, 5.41) is 3.90. The minimum atomic E-state index is -0.320. The van der Waals surface area contributed by atoms with E-state index in [1.807, 2.05) is 49.4 Å². The molecule has 0 bridgehead atoms. The van der Waals surface area contributed by atoms with Gasteiger partial charge in [-0.1, -0.05) is 36.4 Å². The molecule has 1 aliphatic heterocycles. The van der Waals surface area contributed by atoms with Gasteiger partial charge in [0.05, 0.1) is 18.8 Å². The highest BCUT2D eigenvalue weighted by Gasteiger charge is 2.40. The fraction of sp³-hybridized carbons (Fsp3) is 0.167. The van der Waals surface area contributed by atoms with Gasteiger partial charge < -0.3 is 19.6 Å². The topological polar surface area (TPSA) is 78.3 Å². The van der Waals surface area contributed by atoms with Crippen molar-refractivity contribution in [3.63, 3.8) is 0 Å². The number of carbonyl (C=O) groups excluding carboxylic acids is 2. The Hall–Kier alpha value is -3.80. The normalized spacial score (nSPS) is 15.6. The number of fused-ring (bicyclic) bond motifs is 2. The monoisotopic (exact) mass is 399 g/mol. The Morgan fingerprint density at radius 1 is 1.10 bits per heavy atom. The number of nitrogens with zero attached hydrogens (tertiary/aromatic N) is 1. The maximum absolute atomic E-state index is 13.2. The molecule has 1 atom stereocenters. The minimum absolute atomic E-state index is 0.0299. The molecule has 4 aromatic rings. The van der Waals surface area contributed by atoms with E-state index in [2.05, 4.69) is 16.4 Å². The van der Waals surface area contributed by atoms with Gasteiger partial charge in [-0.3, -0.25) is 9.59 Å². The number of aromatic amines is 1. The molecule has 2 aromatic carbocycles. The largest absolute Gasteiger partial charge is 0.467 e. The summed E-state index contributed by atoms with van der Waals surface area (Å²) in [6.07, 6.45) is 1.57.